The molecule has 1 aliphatic carbocycles. The Morgan fingerprint density at radius 2 is 1.67 bits per heavy atom. The van der Waals surface area contributed by atoms with Crippen molar-refractivity contribution in [3.8, 4) is 0 Å². The van der Waals surface area contributed by atoms with E-state index in [2.05, 4.69) is 0 Å². The molecular formula is C10H20O2. The Hall–Kier alpha value is -0.370. The minimum atomic E-state index is 0.0359. The van der Waals surface area contributed by atoms with Crippen LogP contribution in [0.2, 0.25) is 0 Å². The zero-order chi connectivity index (χ0) is 9.40. The van der Waals surface area contributed by atoms with Crippen LogP contribution in [0.15, 0.2) is 0 Å². The van der Waals surface area contributed by atoms with Crippen molar-refractivity contribution in [3.05, 3.63) is 0 Å². The molecular weight excluding hydrogens is 152 g/mol. The standard InChI is InChI=1S/C6H12O.C4H8O/c7-6-4-2-1-3-5-6;1-4(2)3-5/h6-7H,1-5H2;3-4H,1-2H3. The van der Waals surface area contributed by atoms with Crippen LogP contribution in [0.3, 0.4) is 0 Å². The zero-order valence-electron chi connectivity index (χ0n) is 8.12. The van der Waals surface area contributed by atoms with Gasteiger partial charge >= 0.3 is 0 Å². The molecule has 0 aromatic carbocycles. The topological polar surface area (TPSA) is 37.3 Å². The van der Waals surface area contributed by atoms with Crippen LogP contribution in [-0.4, -0.2) is 17.5 Å². The summed E-state index contributed by atoms with van der Waals surface area (Å²) in [6.07, 6.45) is 6.84. The van der Waals surface area contributed by atoms with Crippen LogP contribution < -0.4 is 0 Å². The molecule has 0 atom stereocenters. The molecule has 1 N–H and O–H groups in total. The van der Waals surface area contributed by atoms with Gasteiger partial charge in [-0.1, -0.05) is 33.1 Å². The second-order valence-electron chi connectivity index (χ2n) is 3.67. The largest absolute Gasteiger partial charge is 0.393 e. The average Bonchev–Trinajstić information content (AvgIpc) is 2.07. The molecule has 12 heavy (non-hydrogen) atoms. The first-order valence-corrected chi connectivity index (χ1v) is 4.80. The fourth-order valence-corrected chi connectivity index (χ4v) is 1.08. The maximum Gasteiger partial charge on any atom is 0.122 e. The molecule has 0 aliphatic heterocycles. The lowest BCUT2D eigenvalue weighted by Crippen LogP contribution is -2.09. The normalized spacial score (nSPS) is 18.3. The molecule has 0 amide bonds. The van der Waals surface area contributed by atoms with E-state index in [1.165, 1.54) is 19.3 Å². The fourth-order valence-electron chi connectivity index (χ4n) is 1.08. The lowest BCUT2D eigenvalue weighted by atomic mass is 9.98. The minimum Gasteiger partial charge on any atom is -0.393 e. The molecule has 0 aromatic heterocycles. The number of carbonyl (C=O) groups is 1. The van der Waals surface area contributed by atoms with Crippen LogP contribution in [0.5, 0.6) is 0 Å². The first-order chi connectivity index (χ1) is 5.66. The van der Waals surface area contributed by atoms with Gasteiger partial charge in [0.15, 0.2) is 0 Å². The highest BCUT2D eigenvalue weighted by Gasteiger charge is 2.07. The number of aliphatic hydroxyl groups is 1. The van der Waals surface area contributed by atoms with Gasteiger partial charge in [-0.15, -0.1) is 0 Å². The van der Waals surface area contributed by atoms with Crippen molar-refractivity contribution in [3.63, 3.8) is 0 Å². The van der Waals surface area contributed by atoms with E-state index in [0.29, 0.717) is 0 Å². The van der Waals surface area contributed by atoms with E-state index in [-0.39, 0.29) is 12.0 Å². The molecule has 0 aromatic rings. The Bertz CT molecular complexity index is 104. The number of aliphatic hydroxyl groups excluding tert-OH is 1. The van der Waals surface area contributed by atoms with Gasteiger partial charge in [0.1, 0.15) is 6.29 Å². The van der Waals surface area contributed by atoms with Gasteiger partial charge < -0.3 is 9.90 Å². The van der Waals surface area contributed by atoms with E-state index >= 15 is 0 Å². The highest BCUT2D eigenvalue weighted by Crippen LogP contribution is 2.16. The fraction of sp³-hybridized carbons (Fsp3) is 0.900. The number of aldehydes is 1. The molecule has 0 spiro atoms. The predicted octanol–water partition coefficient (Wildman–Crippen LogP) is 2.15. The van der Waals surface area contributed by atoms with Gasteiger partial charge in [0.25, 0.3) is 0 Å². The summed E-state index contributed by atoms with van der Waals surface area (Å²) < 4.78 is 0. The molecule has 1 saturated carbocycles. The molecule has 1 rings (SSSR count). The van der Waals surface area contributed by atoms with Crippen molar-refractivity contribution in [2.75, 3.05) is 0 Å². The van der Waals surface area contributed by atoms with Crippen molar-refractivity contribution >= 4 is 6.29 Å². The molecule has 0 heterocycles. The number of carbonyl (C=O) groups excluding carboxylic acids is 1. The van der Waals surface area contributed by atoms with E-state index in [9.17, 15) is 4.79 Å². The monoisotopic (exact) mass is 172 g/mol. The van der Waals surface area contributed by atoms with Gasteiger partial charge in [0.2, 0.25) is 0 Å². The average molecular weight is 172 g/mol. The van der Waals surface area contributed by atoms with Crippen LogP contribution >= 0.6 is 0 Å². The van der Waals surface area contributed by atoms with Crippen LogP contribution in [0, 0.1) is 5.92 Å². The summed E-state index contributed by atoms with van der Waals surface area (Å²) in [6, 6.07) is 0. The van der Waals surface area contributed by atoms with E-state index in [0.717, 1.165) is 19.1 Å². The van der Waals surface area contributed by atoms with Crippen molar-refractivity contribution < 1.29 is 9.90 Å². The van der Waals surface area contributed by atoms with Gasteiger partial charge in [0, 0.05) is 5.92 Å². The Labute approximate surface area is 75.0 Å². The Kier molecular flexibility index (Phi) is 7.06. The van der Waals surface area contributed by atoms with Crippen molar-refractivity contribution in [1.82, 2.24) is 0 Å². The van der Waals surface area contributed by atoms with E-state index < -0.39 is 0 Å². The Balaban J connectivity index is 0.000000217. The number of hydrogen-bond acceptors (Lipinski definition) is 2. The summed E-state index contributed by atoms with van der Waals surface area (Å²) in [6.45, 7) is 3.71. The first-order valence-electron chi connectivity index (χ1n) is 4.80. The molecule has 2 nitrogen and oxygen atoms in total. The third kappa shape index (κ3) is 7.73. The van der Waals surface area contributed by atoms with Gasteiger partial charge in [-0.3, -0.25) is 0 Å². The second kappa shape index (κ2) is 7.29. The SMILES string of the molecule is CC(C)C=O.OC1CCCCC1. The summed E-state index contributed by atoms with van der Waals surface area (Å²) in [7, 11) is 0. The van der Waals surface area contributed by atoms with Crippen molar-refractivity contribution in [2.45, 2.75) is 52.1 Å². The van der Waals surface area contributed by atoms with Crippen LogP contribution in [0.4, 0.5) is 0 Å². The third-order valence-electron chi connectivity index (χ3n) is 1.85. The number of hydrogen-bond donors (Lipinski definition) is 1. The van der Waals surface area contributed by atoms with Gasteiger partial charge in [-0.05, 0) is 12.8 Å². The second-order valence-corrected chi connectivity index (χ2v) is 3.67. The summed E-state index contributed by atoms with van der Waals surface area (Å²) in [5.74, 6) is 0.204. The lowest BCUT2D eigenvalue weighted by Gasteiger charge is -2.14. The van der Waals surface area contributed by atoms with E-state index in [1.54, 1.807) is 0 Å². The van der Waals surface area contributed by atoms with Crippen molar-refractivity contribution in [1.29, 1.82) is 0 Å². The van der Waals surface area contributed by atoms with Gasteiger partial charge in [-0.2, -0.15) is 0 Å². The zero-order valence-corrected chi connectivity index (χ0v) is 8.12. The Morgan fingerprint density at radius 3 is 1.83 bits per heavy atom. The first kappa shape index (κ1) is 11.6. The maximum absolute atomic E-state index is 9.50. The van der Waals surface area contributed by atoms with Crippen molar-refractivity contribution in [2.24, 2.45) is 5.92 Å². The molecule has 2 heteroatoms. The summed E-state index contributed by atoms with van der Waals surface area (Å²) in [4.78, 5) is 9.50. The molecule has 0 unspecified atom stereocenters. The Morgan fingerprint density at radius 1 is 1.25 bits per heavy atom. The van der Waals surface area contributed by atoms with Crippen LogP contribution in [0.1, 0.15) is 46.0 Å². The summed E-state index contributed by atoms with van der Waals surface area (Å²) >= 11 is 0. The molecule has 1 aliphatic rings. The minimum absolute atomic E-state index is 0.0359. The predicted molar refractivity (Wildman–Crippen MR) is 50.0 cm³/mol. The molecule has 0 saturated heterocycles. The van der Waals surface area contributed by atoms with Gasteiger partial charge in [0.05, 0.1) is 6.10 Å². The lowest BCUT2D eigenvalue weighted by molar-refractivity contribution is -0.110. The quantitative estimate of drug-likeness (QED) is 0.615. The smallest absolute Gasteiger partial charge is 0.122 e. The summed E-state index contributed by atoms with van der Waals surface area (Å²) in [5.41, 5.74) is 0. The third-order valence-corrected chi connectivity index (χ3v) is 1.85. The van der Waals surface area contributed by atoms with E-state index in [4.69, 9.17) is 5.11 Å². The highest BCUT2D eigenvalue weighted by atomic mass is 16.3. The van der Waals surface area contributed by atoms with Gasteiger partial charge in [-0.25, -0.2) is 0 Å². The molecule has 1 fully saturated rings. The molecule has 72 valence electrons. The van der Waals surface area contributed by atoms with Crippen LogP contribution in [0.25, 0.3) is 0 Å². The van der Waals surface area contributed by atoms with Crippen LogP contribution in [-0.2, 0) is 4.79 Å². The molecule has 0 bridgehead atoms. The maximum atomic E-state index is 9.50. The summed E-state index contributed by atoms with van der Waals surface area (Å²) in [5, 5.41) is 8.91. The molecule has 0 radical (unpaired) electrons. The number of rotatable bonds is 1. The highest BCUT2D eigenvalue weighted by molar-refractivity contribution is 5.51. The van der Waals surface area contributed by atoms with E-state index in [1.807, 2.05) is 13.8 Å².